The molecule has 0 bridgehead atoms. The number of aliphatic hydroxyl groups excluding tert-OH is 2. The summed E-state index contributed by atoms with van der Waals surface area (Å²) in [5.74, 6) is -1.83. The van der Waals surface area contributed by atoms with Gasteiger partial charge in [-0.2, -0.15) is 13.2 Å². The fraction of sp³-hybridized carbons (Fsp3) is 0.450. The number of β-amino-alcohol motifs (C(OH)–C–C–N with tert-alkyl or cyclic N) is 1. The number of aromatic nitrogens is 3. The monoisotopic (exact) mass is 747 g/mol. The number of amides is 2. The average molecular weight is 748 g/mol. The molecule has 0 radical (unpaired) electrons. The highest BCUT2D eigenvalue weighted by Gasteiger charge is 2.42. The predicted molar refractivity (Wildman–Crippen MR) is 196 cm³/mol. The molecule has 14 heteroatoms. The van der Waals surface area contributed by atoms with Gasteiger partial charge in [-0.1, -0.05) is 78.0 Å². The lowest BCUT2D eigenvalue weighted by Gasteiger charge is -2.47. The number of hydrogen-bond acceptors (Lipinski definition) is 8. The fourth-order valence-electron chi connectivity index (χ4n) is 7.56. The van der Waals surface area contributed by atoms with Crippen LogP contribution in [0.4, 0.5) is 13.2 Å². The highest BCUT2D eigenvalue weighted by molar-refractivity contribution is 5.82. The number of fused-ring (bicyclic) bond motifs is 1. The fourth-order valence-corrected chi connectivity index (χ4v) is 7.56. The summed E-state index contributed by atoms with van der Waals surface area (Å²) >= 11 is 0. The average Bonchev–Trinajstić information content (AvgIpc) is 3.67. The summed E-state index contributed by atoms with van der Waals surface area (Å²) in [4.78, 5) is 31.2. The number of para-hydroxylation sites is 1. The Balaban J connectivity index is 1.18. The zero-order valence-corrected chi connectivity index (χ0v) is 30.5. The SMILES string of the molecule is CC(C)(c1cn(-c2ccccc2)nn1)N1CCN(C[C@@H](O)C[C@@H](Cc2ccccc2)C(=O)N[C@H]2c3ccccc3CC[C@H]2O)[C@H](C(=O)NCC(F)(F)F)C1. The largest absolute Gasteiger partial charge is 0.405 e. The Bertz CT molecular complexity index is 1860. The number of piperazine rings is 1. The number of nitrogens with zero attached hydrogens (tertiary/aromatic N) is 5. The van der Waals surface area contributed by atoms with Gasteiger partial charge in [0, 0.05) is 32.1 Å². The molecule has 2 heterocycles. The second-order valence-electron chi connectivity index (χ2n) is 14.8. The molecule has 0 saturated carbocycles. The summed E-state index contributed by atoms with van der Waals surface area (Å²) in [6, 6.07) is 24.9. The van der Waals surface area contributed by atoms with E-state index in [9.17, 15) is 33.0 Å². The normalized spacial score (nSPS) is 20.8. The molecule has 4 N–H and O–H groups in total. The number of carbonyl (C=O) groups is 2. The van der Waals surface area contributed by atoms with Crippen molar-refractivity contribution in [3.8, 4) is 5.69 Å². The zero-order valence-electron chi connectivity index (χ0n) is 30.5. The molecule has 1 aliphatic heterocycles. The molecule has 54 heavy (non-hydrogen) atoms. The van der Waals surface area contributed by atoms with Gasteiger partial charge in [0.15, 0.2) is 0 Å². The molecule has 0 spiro atoms. The number of aryl methyl sites for hydroxylation is 1. The van der Waals surface area contributed by atoms with E-state index >= 15 is 0 Å². The van der Waals surface area contributed by atoms with Crippen LogP contribution in [-0.4, -0.2) is 104 Å². The Hall–Kier alpha value is -4.63. The first-order valence-corrected chi connectivity index (χ1v) is 18.4. The Morgan fingerprint density at radius 1 is 0.963 bits per heavy atom. The smallest absolute Gasteiger partial charge is 0.392 e. The minimum Gasteiger partial charge on any atom is -0.392 e. The van der Waals surface area contributed by atoms with Gasteiger partial charge in [-0.3, -0.25) is 19.4 Å². The van der Waals surface area contributed by atoms with E-state index in [1.165, 1.54) is 0 Å². The van der Waals surface area contributed by atoms with E-state index in [2.05, 4.69) is 15.6 Å². The van der Waals surface area contributed by atoms with Crippen LogP contribution in [0.1, 0.15) is 55.1 Å². The lowest BCUT2D eigenvalue weighted by Crippen LogP contribution is -2.63. The van der Waals surface area contributed by atoms with Crippen molar-refractivity contribution in [2.45, 2.75) is 75.5 Å². The van der Waals surface area contributed by atoms with Crippen molar-refractivity contribution in [1.29, 1.82) is 0 Å². The van der Waals surface area contributed by atoms with Crippen LogP contribution in [0.3, 0.4) is 0 Å². The van der Waals surface area contributed by atoms with Gasteiger partial charge >= 0.3 is 6.18 Å². The van der Waals surface area contributed by atoms with E-state index in [0.29, 0.717) is 31.5 Å². The van der Waals surface area contributed by atoms with Gasteiger partial charge in [-0.15, -0.1) is 5.10 Å². The third-order valence-corrected chi connectivity index (χ3v) is 10.7. The molecular weight excluding hydrogens is 699 g/mol. The lowest BCUT2D eigenvalue weighted by molar-refractivity contribution is -0.144. The molecule has 11 nitrogen and oxygen atoms in total. The maximum Gasteiger partial charge on any atom is 0.405 e. The van der Waals surface area contributed by atoms with Gasteiger partial charge < -0.3 is 20.8 Å². The number of alkyl halides is 3. The Labute approximate surface area is 313 Å². The van der Waals surface area contributed by atoms with Crippen molar-refractivity contribution in [2.24, 2.45) is 5.92 Å². The van der Waals surface area contributed by atoms with E-state index in [1.807, 2.05) is 109 Å². The van der Waals surface area contributed by atoms with Gasteiger partial charge in [0.2, 0.25) is 11.8 Å². The number of rotatable bonds is 13. The first kappa shape index (κ1) is 39.1. The van der Waals surface area contributed by atoms with Crippen LogP contribution in [-0.2, 0) is 28.0 Å². The molecule has 4 aromatic rings. The van der Waals surface area contributed by atoms with Gasteiger partial charge in [0.1, 0.15) is 18.3 Å². The molecule has 6 rings (SSSR count). The number of carbonyl (C=O) groups excluding carboxylic acids is 2. The molecule has 2 amide bonds. The molecule has 1 fully saturated rings. The van der Waals surface area contributed by atoms with Crippen LogP contribution in [0.5, 0.6) is 0 Å². The third kappa shape index (κ3) is 9.53. The second kappa shape index (κ2) is 16.8. The van der Waals surface area contributed by atoms with Crippen LogP contribution in [0.25, 0.3) is 5.69 Å². The van der Waals surface area contributed by atoms with Crippen molar-refractivity contribution in [1.82, 2.24) is 35.4 Å². The maximum atomic E-state index is 14.0. The minimum absolute atomic E-state index is 0.0242. The zero-order chi connectivity index (χ0) is 38.5. The molecular formula is C40H48F3N7O4. The van der Waals surface area contributed by atoms with Crippen molar-refractivity contribution in [2.75, 3.05) is 32.7 Å². The van der Waals surface area contributed by atoms with Crippen LogP contribution in [0.2, 0.25) is 0 Å². The second-order valence-corrected chi connectivity index (χ2v) is 14.8. The van der Waals surface area contributed by atoms with E-state index < -0.39 is 54.4 Å². The van der Waals surface area contributed by atoms with E-state index in [0.717, 1.165) is 22.4 Å². The molecule has 1 aromatic heterocycles. The van der Waals surface area contributed by atoms with E-state index in [1.54, 1.807) is 15.8 Å². The lowest BCUT2D eigenvalue weighted by atomic mass is 9.84. The highest BCUT2D eigenvalue weighted by atomic mass is 19.4. The van der Waals surface area contributed by atoms with Crippen molar-refractivity contribution in [3.63, 3.8) is 0 Å². The third-order valence-electron chi connectivity index (χ3n) is 10.7. The van der Waals surface area contributed by atoms with Gasteiger partial charge in [-0.25, -0.2) is 4.68 Å². The summed E-state index contributed by atoms with van der Waals surface area (Å²) in [5, 5.41) is 36.3. The van der Waals surface area contributed by atoms with Crippen LogP contribution in [0.15, 0.2) is 91.1 Å². The summed E-state index contributed by atoms with van der Waals surface area (Å²) in [5.41, 5.74) is 3.50. The number of halogens is 3. The van der Waals surface area contributed by atoms with Crippen LogP contribution in [0, 0.1) is 5.92 Å². The van der Waals surface area contributed by atoms with E-state index in [4.69, 9.17) is 0 Å². The van der Waals surface area contributed by atoms with E-state index in [-0.39, 0.29) is 32.0 Å². The first-order valence-electron chi connectivity index (χ1n) is 18.4. The number of hydrogen-bond donors (Lipinski definition) is 4. The Morgan fingerprint density at radius 3 is 2.37 bits per heavy atom. The highest BCUT2D eigenvalue weighted by Crippen LogP contribution is 2.32. The van der Waals surface area contributed by atoms with Crippen molar-refractivity contribution < 1.29 is 33.0 Å². The molecule has 5 atom stereocenters. The topological polar surface area (TPSA) is 136 Å². The van der Waals surface area contributed by atoms with Crippen LogP contribution >= 0.6 is 0 Å². The molecule has 2 aliphatic rings. The summed E-state index contributed by atoms with van der Waals surface area (Å²) in [7, 11) is 0. The molecule has 3 aromatic carbocycles. The molecule has 1 saturated heterocycles. The summed E-state index contributed by atoms with van der Waals surface area (Å²) in [6.45, 7) is 3.07. The van der Waals surface area contributed by atoms with Gasteiger partial charge in [0.05, 0.1) is 35.7 Å². The number of aliphatic hydroxyl groups is 2. The quantitative estimate of drug-likeness (QED) is 0.162. The standard InChI is InChI=1S/C40H48F3N7O4/c1-39(2,35-25-50(47-46-35)30-14-7-4-8-15-30)49-20-19-48(33(24-49)38(54)44-26-40(41,42)43)23-31(51)22-29(21-27-11-5-3-6-12-27)37(53)45-36-32-16-10-9-13-28(32)17-18-34(36)52/h3-16,25,29,31,33-34,36,51-52H,17-24,26H2,1-2H3,(H,44,54)(H,45,53)/t29-,31+,33+,34-,36+/m1/s1. The van der Waals surface area contributed by atoms with Gasteiger partial charge in [-0.05, 0) is 68.4 Å². The Kier molecular flexibility index (Phi) is 12.2. The maximum absolute atomic E-state index is 14.0. The molecule has 1 aliphatic carbocycles. The van der Waals surface area contributed by atoms with Gasteiger partial charge in [0.25, 0.3) is 0 Å². The van der Waals surface area contributed by atoms with Crippen LogP contribution < -0.4 is 10.6 Å². The molecule has 0 unspecified atom stereocenters. The first-order chi connectivity index (χ1) is 25.8. The molecule has 288 valence electrons. The summed E-state index contributed by atoms with van der Waals surface area (Å²) < 4.78 is 41.4. The Morgan fingerprint density at radius 2 is 1.65 bits per heavy atom. The summed E-state index contributed by atoms with van der Waals surface area (Å²) in [6.07, 6.45) is -3.14. The minimum atomic E-state index is -4.60. The van der Waals surface area contributed by atoms with Crippen molar-refractivity contribution in [3.05, 3.63) is 114 Å². The van der Waals surface area contributed by atoms with Crippen molar-refractivity contribution >= 4 is 11.8 Å². The predicted octanol–water partition coefficient (Wildman–Crippen LogP) is 3.94. The number of benzene rings is 3. The number of nitrogens with one attached hydrogen (secondary N) is 2.